The Balaban J connectivity index is 1.75. The number of aromatic hydroxyl groups is 1. The summed E-state index contributed by atoms with van der Waals surface area (Å²) < 4.78 is 0. The zero-order valence-corrected chi connectivity index (χ0v) is 28.6. The fourth-order valence-corrected chi connectivity index (χ4v) is 11.4. The number of phenols is 1. The second-order valence-electron chi connectivity index (χ2n) is 13.5. The highest BCUT2D eigenvalue weighted by Crippen LogP contribution is 2.30. The molecule has 5 aromatic carbocycles. The molecule has 0 fully saturated rings. The standard InChI is InChI=1S/C41H48N2OSi/c1-41(2,3)35-29-34(32-43(28-18-27-42(4)5)31-33-19-10-6-11-20-33)40(44)39(30-35)45(36-21-12-7-13-22-36,37-23-14-8-15-24-37)38-25-16-9-17-26-38/h6-17,19-26,29-30,44H,18,27-28,31-32H2,1-5H3. The van der Waals surface area contributed by atoms with Gasteiger partial charge in [-0.1, -0.05) is 154 Å². The molecule has 0 aliphatic rings. The van der Waals surface area contributed by atoms with Crippen molar-refractivity contribution in [3.63, 3.8) is 0 Å². The topological polar surface area (TPSA) is 26.7 Å². The summed E-state index contributed by atoms with van der Waals surface area (Å²) in [6.45, 7) is 10.3. The lowest BCUT2D eigenvalue weighted by Gasteiger charge is -2.37. The summed E-state index contributed by atoms with van der Waals surface area (Å²) in [5.74, 6) is 0.428. The second-order valence-corrected chi connectivity index (χ2v) is 17.3. The molecule has 5 rings (SSSR count). The lowest BCUT2D eigenvalue weighted by Crippen LogP contribution is -2.74. The van der Waals surface area contributed by atoms with Gasteiger partial charge in [0.15, 0.2) is 8.07 Å². The van der Waals surface area contributed by atoms with Crippen LogP contribution in [0, 0.1) is 0 Å². The van der Waals surface area contributed by atoms with Crippen LogP contribution in [0.15, 0.2) is 133 Å². The van der Waals surface area contributed by atoms with Gasteiger partial charge in [-0.2, -0.15) is 0 Å². The Morgan fingerprint density at radius 1 is 0.600 bits per heavy atom. The van der Waals surface area contributed by atoms with E-state index >= 15 is 0 Å². The molecule has 1 N–H and O–H groups in total. The van der Waals surface area contributed by atoms with Crippen molar-refractivity contribution in [3.8, 4) is 5.75 Å². The number of rotatable bonds is 12. The molecule has 0 amide bonds. The van der Waals surface area contributed by atoms with E-state index in [2.05, 4.69) is 178 Å². The molecule has 0 aliphatic carbocycles. The Bertz CT molecular complexity index is 1540. The van der Waals surface area contributed by atoms with Gasteiger partial charge in [-0.05, 0) is 64.3 Å². The Morgan fingerprint density at radius 3 is 1.51 bits per heavy atom. The minimum atomic E-state index is -2.93. The van der Waals surface area contributed by atoms with Gasteiger partial charge < -0.3 is 10.0 Å². The van der Waals surface area contributed by atoms with E-state index in [1.165, 1.54) is 26.7 Å². The average Bonchev–Trinajstić information content (AvgIpc) is 3.04. The third-order valence-electron chi connectivity index (χ3n) is 8.80. The van der Waals surface area contributed by atoms with Crippen LogP contribution in [0.4, 0.5) is 0 Å². The number of hydrogen-bond donors (Lipinski definition) is 1. The SMILES string of the molecule is CN(C)CCCN(Cc1ccccc1)Cc1cc(C(C)(C)C)cc([Si](c2ccccc2)(c2ccccc2)c2ccccc2)c1O. The predicted molar refractivity (Wildman–Crippen MR) is 194 cm³/mol. The number of hydrogen-bond acceptors (Lipinski definition) is 3. The van der Waals surface area contributed by atoms with Gasteiger partial charge in [0.1, 0.15) is 5.75 Å². The third-order valence-corrected chi connectivity index (χ3v) is 13.6. The monoisotopic (exact) mass is 612 g/mol. The molecular weight excluding hydrogens is 565 g/mol. The molecule has 0 saturated carbocycles. The fourth-order valence-electron chi connectivity index (χ4n) is 6.47. The van der Waals surface area contributed by atoms with E-state index in [1.807, 2.05) is 0 Å². The lowest BCUT2D eigenvalue weighted by molar-refractivity contribution is 0.237. The van der Waals surface area contributed by atoms with Gasteiger partial charge in [0.2, 0.25) is 0 Å². The maximum Gasteiger partial charge on any atom is 0.183 e. The molecule has 0 radical (unpaired) electrons. The normalized spacial score (nSPS) is 12.2. The highest BCUT2D eigenvalue weighted by molar-refractivity contribution is 7.20. The Labute approximate surface area is 271 Å². The van der Waals surface area contributed by atoms with Gasteiger partial charge in [0, 0.05) is 25.2 Å². The van der Waals surface area contributed by atoms with E-state index in [0.29, 0.717) is 12.3 Å². The van der Waals surface area contributed by atoms with Crippen molar-refractivity contribution in [2.45, 2.75) is 45.7 Å². The highest BCUT2D eigenvalue weighted by atomic mass is 28.3. The summed E-state index contributed by atoms with van der Waals surface area (Å²) >= 11 is 0. The minimum absolute atomic E-state index is 0.101. The van der Waals surface area contributed by atoms with Crippen LogP contribution in [0.5, 0.6) is 5.75 Å². The van der Waals surface area contributed by atoms with Crippen LogP contribution in [-0.4, -0.2) is 50.2 Å². The lowest BCUT2D eigenvalue weighted by atomic mass is 9.86. The van der Waals surface area contributed by atoms with Crippen LogP contribution < -0.4 is 20.7 Å². The van der Waals surface area contributed by atoms with E-state index in [9.17, 15) is 5.11 Å². The Kier molecular flexibility index (Phi) is 10.4. The molecule has 3 nitrogen and oxygen atoms in total. The van der Waals surface area contributed by atoms with Gasteiger partial charge in [-0.25, -0.2) is 0 Å². The van der Waals surface area contributed by atoms with E-state index < -0.39 is 8.07 Å². The first-order chi connectivity index (χ1) is 21.7. The molecule has 0 bridgehead atoms. The van der Waals surface area contributed by atoms with Crippen LogP contribution in [0.2, 0.25) is 0 Å². The van der Waals surface area contributed by atoms with Gasteiger partial charge >= 0.3 is 0 Å². The molecule has 5 aromatic rings. The zero-order valence-electron chi connectivity index (χ0n) is 27.6. The summed E-state index contributed by atoms with van der Waals surface area (Å²) in [7, 11) is 1.34. The molecular formula is C41H48N2OSi. The van der Waals surface area contributed by atoms with Crippen molar-refractivity contribution in [2.75, 3.05) is 27.2 Å². The molecule has 0 heterocycles. The fraction of sp³-hybridized carbons (Fsp3) is 0.268. The first kappa shape index (κ1) is 32.4. The van der Waals surface area contributed by atoms with Crippen molar-refractivity contribution in [1.82, 2.24) is 9.80 Å². The van der Waals surface area contributed by atoms with Crippen LogP contribution in [0.25, 0.3) is 0 Å². The first-order valence-corrected chi connectivity index (χ1v) is 18.1. The van der Waals surface area contributed by atoms with Crippen LogP contribution in [0.3, 0.4) is 0 Å². The number of benzene rings is 5. The molecule has 4 heteroatoms. The van der Waals surface area contributed by atoms with Crippen LogP contribution >= 0.6 is 0 Å². The molecule has 0 aromatic heterocycles. The Hall–Kier alpha value is -3.96. The summed E-state index contributed by atoms with van der Waals surface area (Å²) in [4.78, 5) is 4.75. The second kappa shape index (κ2) is 14.4. The number of phenolic OH excluding ortho intramolecular Hbond substituents is 1. The van der Waals surface area contributed by atoms with Crippen molar-refractivity contribution in [3.05, 3.63) is 150 Å². The first-order valence-electron chi connectivity index (χ1n) is 16.1. The van der Waals surface area contributed by atoms with E-state index in [1.54, 1.807) is 0 Å². The summed E-state index contributed by atoms with van der Waals surface area (Å²) in [6.07, 6.45) is 1.06. The summed E-state index contributed by atoms with van der Waals surface area (Å²) in [5, 5.41) is 17.5. The van der Waals surface area contributed by atoms with E-state index in [4.69, 9.17) is 0 Å². The maximum absolute atomic E-state index is 12.6. The molecule has 232 valence electrons. The third kappa shape index (κ3) is 7.47. The highest BCUT2D eigenvalue weighted by Gasteiger charge is 2.44. The van der Waals surface area contributed by atoms with Crippen molar-refractivity contribution >= 4 is 28.8 Å². The van der Waals surface area contributed by atoms with Crippen molar-refractivity contribution < 1.29 is 5.11 Å². The molecule has 0 atom stereocenters. The van der Waals surface area contributed by atoms with Gasteiger partial charge in [-0.3, -0.25) is 4.90 Å². The minimum Gasteiger partial charge on any atom is -0.508 e. The molecule has 45 heavy (non-hydrogen) atoms. The molecule has 0 saturated heterocycles. The van der Waals surface area contributed by atoms with E-state index in [-0.39, 0.29) is 5.41 Å². The van der Waals surface area contributed by atoms with Crippen LogP contribution in [0.1, 0.15) is 43.9 Å². The van der Waals surface area contributed by atoms with Crippen molar-refractivity contribution in [2.24, 2.45) is 0 Å². The quantitative estimate of drug-likeness (QED) is 0.138. The van der Waals surface area contributed by atoms with Gasteiger partial charge in [0.25, 0.3) is 0 Å². The van der Waals surface area contributed by atoms with Crippen LogP contribution in [-0.2, 0) is 18.5 Å². The van der Waals surface area contributed by atoms with E-state index in [0.717, 1.165) is 36.8 Å². The van der Waals surface area contributed by atoms with Gasteiger partial charge in [-0.15, -0.1) is 0 Å². The average molecular weight is 613 g/mol. The van der Waals surface area contributed by atoms with Crippen molar-refractivity contribution in [1.29, 1.82) is 0 Å². The van der Waals surface area contributed by atoms with Gasteiger partial charge in [0.05, 0.1) is 0 Å². The predicted octanol–water partition coefficient (Wildman–Crippen LogP) is 6.02. The molecule has 0 unspecified atom stereocenters. The maximum atomic E-state index is 12.6. The molecule has 0 aliphatic heterocycles. The smallest absolute Gasteiger partial charge is 0.183 e. The largest absolute Gasteiger partial charge is 0.508 e. The zero-order chi connectivity index (χ0) is 31.9. The number of nitrogens with zero attached hydrogens (tertiary/aromatic N) is 2. The summed E-state index contributed by atoms with van der Waals surface area (Å²) in [5.41, 5.74) is 3.43. The molecule has 0 spiro atoms. The Morgan fingerprint density at radius 2 is 1.07 bits per heavy atom. The summed E-state index contributed by atoms with van der Waals surface area (Å²) in [6, 6.07) is 48.0.